The summed E-state index contributed by atoms with van der Waals surface area (Å²) in [6.45, 7) is 2.65. The Morgan fingerprint density at radius 3 is 3.15 bits per heavy atom. The average Bonchev–Trinajstić information content (AvgIpc) is 2.17. The highest BCUT2D eigenvalue weighted by Gasteiger charge is 1.98. The molecule has 0 heterocycles. The van der Waals surface area contributed by atoms with Gasteiger partial charge in [-0.3, -0.25) is 0 Å². The molecule has 1 aromatic rings. The first-order valence-electron chi connectivity index (χ1n) is 4.18. The first-order chi connectivity index (χ1) is 6.33. The quantitative estimate of drug-likeness (QED) is 0.765. The Hall–Kier alpha value is -1.51. The molecule has 0 bridgehead atoms. The van der Waals surface area contributed by atoms with Crippen LogP contribution < -0.4 is 5.32 Å². The Balaban J connectivity index is 2.31. The molecule has 0 spiro atoms. The van der Waals surface area contributed by atoms with Crippen LogP contribution in [-0.4, -0.2) is 12.7 Å². The average molecular weight is 178 g/mol. The summed E-state index contributed by atoms with van der Waals surface area (Å²) >= 11 is 0. The molecule has 0 aliphatic carbocycles. The van der Waals surface area contributed by atoms with Crippen molar-refractivity contribution in [3.05, 3.63) is 35.9 Å². The van der Waals surface area contributed by atoms with Gasteiger partial charge in [-0.15, -0.1) is 0 Å². The number of rotatable bonds is 3. The summed E-state index contributed by atoms with van der Waals surface area (Å²) < 4.78 is 4.70. The third-order valence-electron chi connectivity index (χ3n) is 1.48. The molecule has 0 aliphatic heterocycles. The number of nitrogens with one attached hydrogen (secondary N) is 1. The zero-order valence-electron chi connectivity index (χ0n) is 7.54. The number of carbonyl (C=O) groups excluding carboxylic acids is 1. The maximum atomic E-state index is 10.9. The summed E-state index contributed by atoms with van der Waals surface area (Å²) in [6, 6.07) is 10.4. The van der Waals surface area contributed by atoms with Crippen molar-refractivity contribution in [3.63, 3.8) is 0 Å². The van der Waals surface area contributed by atoms with Crippen LogP contribution in [0.15, 0.2) is 24.3 Å². The van der Waals surface area contributed by atoms with E-state index in [9.17, 15) is 4.79 Å². The highest BCUT2D eigenvalue weighted by Crippen LogP contribution is 1.96. The summed E-state index contributed by atoms with van der Waals surface area (Å²) in [5.41, 5.74) is 1.01. The van der Waals surface area contributed by atoms with Crippen LogP contribution in [0.1, 0.15) is 12.5 Å². The van der Waals surface area contributed by atoms with Crippen molar-refractivity contribution < 1.29 is 9.53 Å². The van der Waals surface area contributed by atoms with Gasteiger partial charge in [-0.05, 0) is 24.6 Å². The van der Waals surface area contributed by atoms with E-state index >= 15 is 0 Å². The van der Waals surface area contributed by atoms with E-state index in [0.29, 0.717) is 13.2 Å². The molecule has 0 unspecified atom stereocenters. The molecule has 13 heavy (non-hydrogen) atoms. The van der Waals surface area contributed by atoms with E-state index in [0.717, 1.165) is 5.56 Å². The van der Waals surface area contributed by atoms with Gasteiger partial charge in [0, 0.05) is 6.54 Å². The molecule has 1 aromatic carbocycles. The second-order valence-corrected chi connectivity index (χ2v) is 2.49. The molecule has 0 saturated carbocycles. The van der Waals surface area contributed by atoms with Crippen molar-refractivity contribution >= 4 is 6.09 Å². The lowest BCUT2D eigenvalue weighted by molar-refractivity contribution is 0.151. The summed E-state index contributed by atoms with van der Waals surface area (Å²) in [5, 5.41) is 2.62. The van der Waals surface area contributed by atoms with Crippen LogP contribution in [0.2, 0.25) is 0 Å². The molecule has 3 heteroatoms. The Kier molecular flexibility index (Phi) is 3.82. The largest absolute Gasteiger partial charge is 0.450 e. The fraction of sp³-hybridized carbons (Fsp3) is 0.300. The standard InChI is InChI=1S/C10H12NO2/c1-2-13-10(12)11-8-9-6-4-3-5-7-9/h3-4,6-7H,2,8H2,1H3,(H,11,12). The van der Waals surface area contributed by atoms with E-state index in [2.05, 4.69) is 11.4 Å². The number of amides is 1. The van der Waals surface area contributed by atoms with Gasteiger partial charge in [0.2, 0.25) is 0 Å². The van der Waals surface area contributed by atoms with Crippen LogP contribution in [0.5, 0.6) is 0 Å². The molecular weight excluding hydrogens is 166 g/mol. The number of carbonyl (C=O) groups is 1. The minimum Gasteiger partial charge on any atom is -0.450 e. The maximum absolute atomic E-state index is 10.9. The Labute approximate surface area is 77.7 Å². The molecule has 1 rings (SSSR count). The van der Waals surface area contributed by atoms with Crippen molar-refractivity contribution in [2.75, 3.05) is 6.61 Å². The summed E-state index contributed by atoms with van der Waals surface area (Å²) in [6.07, 6.45) is -0.383. The lowest BCUT2D eigenvalue weighted by atomic mass is 10.2. The van der Waals surface area contributed by atoms with Gasteiger partial charge >= 0.3 is 6.09 Å². The van der Waals surface area contributed by atoms with E-state index < -0.39 is 0 Å². The zero-order chi connectivity index (χ0) is 9.52. The number of hydrogen-bond donors (Lipinski definition) is 1. The first-order valence-corrected chi connectivity index (χ1v) is 4.18. The lowest BCUT2D eigenvalue weighted by Crippen LogP contribution is -2.23. The van der Waals surface area contributed by atoms with Gasteiger partial charge in [-0.1, -0.05) is 18.2 Å². The number of hydrogen-bond acceptors (Lipinski definition) is 2. The van der Waals surface area contributed by atoms with Crippen LogP contribution in [0.4, 0.5) is 4.79 Å². The first kappa shape index (κ1) is 9.58. The lowest BCUT2D eigenvalue weighted by Gasteiger charge is -2.04. The van der Waals surface area contributed by atoms with Gasteiger partial charge in [-0.25, -0.2) is 4.79 Å². The van der Waals surface area contributed by atoms with Gasteiger partial charge in [-0.2, -0.15) is 0 Å². The molecule has 3 nitrogen and oxygen atoms in total. The van der Waals surface area contributed by atoms with E-state index in [-0.39, 0.29) is 6.09 Å². The van der Waals surface area contributed by atoms with Crippen molar-refractivity contribution in [1.29, 1.82) is 0 Å². The SMILES string of the molecule is CCOC(=O)NCc1c[c]ccc1. The second-order valence-electron chi connectivity index (χ2n) is 2.49. The third kappa shape index (κ3) is 3.60. The van der Waals surface area contributed by atoms with E-state index in [1.807, 2.05) is 24.3 Å². The fourth-order valence-corrected chi connectivity index (χ4v) is 0.897. The van der Waals surface area contributed by atoms with Gasteiger partial charge in [0.05, 0.1) is 6.61 Å². The molecule has 1 radical (unpaired) electrons. The maximum Gasteiger partial charge on any atom is 0.407 e. The van der Waals surface area contributed by atoms with E-state index in [4.69, 9.17) is 4.74 Å². The van der Waals surface area contributed by atoms with Crippen LogP contribution in [0.25, 0.3) is 0 Å². The number of benzene rings is 1. The van der Waals surface area contributed by atoms with Gasteiger partial charge < -0.3 is 10.1 Å². The van der Waals surface area contributed by atoms with E-state index in [1.165, 1.54) is 0 Å². The number of alkyl carbamates (subject to hydrolysis) is 1. The summed E-state index contributed by atoms with van der Waals surface area (Å²) in [7, 11) is 0. The van der Waals surface area contributed by atoms with Crippen molar-refractivity contribution in [1.82, 2.24) is 5.32 Å². The smallest absolute Gasteiger partial charge is 0.407 e. The summed E-state index contributed by atoms with van der Waals surface area (Å²) in [4.78, 5) is 10.9. The van der Waals surface area contributed by atoms with Crippen LogP contribution in [0.3, 0.4) is 0 Å². The molecular formula is C10H12NO2. The molecule has 0 aromatic heterocycles. The predicted octanol–water partition coefficient (Wildman–Crippen LogP) is 1.73. The van der Waals surface area contributed by atoms with Gasteiger partial charge in [0.1, 0.15) is 0 Å². The Morgan fingerprint density at radius 1 is 1.69 bits per heavy atom. The van der Waals surface area contributed by atoms with E-state index in [1.54, 1.807) is 6.92 Å². The minimum absolute atomic E-state index is 0.383. The molecule has 0 saturated heterocycles. The third-order valence-corrected chi connectivity index (χ3v) is 1.48. The minimum atomic E-state index is -0.383. The molecule has 0 aliphatic rings. The monoisotopic (exact) mass is 178 g/mol. The zero-order valence-corrected chi connectivity index (χ0v) is 7.54. The molecule has 0 fully saturated rings. The normalized spacial score (nSPS) is 9.31. The van der Waals surface area contributed by atoms with Crippen molar-refractivity contribution in [2.45, 2.75) is 13.5 Å². The second kappa shape index (κ2) is 5.19. The molecule has 1 N–H and O–H groups in total. The fourth-order valence-electron chi connectivity index (χ4n) is 0.897. The Bertz CT molecular complexity index is 259. The topological polar surface area (TPSA) is 38.3 Å². The molecule has 0 atom stereocenters. The highest BCUT2D eigenvalue weighted by molar-refractivity contribution is 5.67. The van der Waals surface area contributed by atoms with Gasteiger partial charge in [0.15, 0.2) is 0 Å². The van der Waals surface area contributed by atoms with Gasteiger partial charge in [0.25, 0.3) is 0 Å². The van der Waals surface area contributed by atoms with Crippen LogP contribution in [-0.2, 0) is 11.3 Å². The molecule has 69 valence electrons. The van der Waals surface area contributed by atoms with Crippen molar-refractivity contribution in [2.24, 2.45) is 0 Å². The molecule has 1 amide bonds. The Morgan fingerprint density at radius 2 is 2.54 bits per heavy atom. The van der Waals surface area contributed by atoms with Crippen molar-refractivity contribution in [3.8, 4) is 0 Å². The number of ether oxygens (including phenoxy) is 1. The van der Waals surface area contributed by atoms with Crippen LogP contribution >= 0.6 is 0 Å². The van der Waals surface area contributed by atoms with Crippen LogP contribution in [0, 0.1) is 6.07 Å². The highest BCUT2D eigenvalue weighted by atomic mass is 16.5. The predicted molar refractivity (Wildman–Crippen MR) is 49.1 cm³/mol. The summed E-state index contributed by atoms with van der Waals surface area (Å²) in [5.74, 6) is 0.